The first kappa shape index (κ1) is 41.0. The molecule has 0 spiro atoms. The van der Waals surface area contributed by atoms with E-state index < -0.39 is 10.8 Å². The van der Waals surface area contributed by atoms with E-state index in [-0.39, 0.29) is 42.1 Å². The average Bonchev–Trinajstić information content (AvgIpc) is 4.17. The molecule has 0 bridgehead atoms. The van der Waals surface area contributed by atoms with Crippen LogP contribution in [0.2, 0.25) is 0 Å². The predicted molar refractivity (Wildman–Crippen MR) is 230 cm³/mol. The summed E-state index contributed by atoms with van der Waals surface area (Å²) in [5.41, 5.74) is 13.2. The van der Waals surface area contributed by atoms with E-state index in [1.807, 2.05) is 98.7 Å². The molecule has 312 valence electrons. The van der Waals surface area contributed by atoms with E-state index in [0.717, 1.165) is 67.5 Å². The van der Waals surface area contributed by atoms with Gasteiger partial charge in [0.05, 0.1) is 22.2 Å². The molecule has 12 heteroatoms. The summed E-state index contributed by atoms with van der Waals surface area (Å²) in [5, 5.41) is 17.4. The van der Waals surface area contributed by atoms with Crippen molar-refractivity contribution in [2.75, 3.05) is 23.9 Å². The van der Waals surface area contributed by atoms with Gasteiger partial charge in [-0.05, 0) is 73.3 Å². The third-order valence-corrected chi connectivity index (χ3v) is 11.7. The van der Waals surface area contributed by atoms with Crippen LogP contribution in [0.3, 0.4) is 0 Å². The van der Waals surface area contributed by atoms with Gasteiger partial charge in [-0.2, -0.15) is 74.3 Å². The molecule has 10 nitrogen and oxygen atoms in total. The SMILES string of the molecule is CN1C=CN(c2[c-]c(C3(c4cc[n-]n4)c4ccccc4-c4cccnc43)ccc2)[CH-]1.CN1C=CN(c2[c-]c(C3(c4cc[n-]n4)c4ccccc4-c4cccnc43)ccc2)[CH-]1.[Pt].[Pt]. The third kappa shape index (κ3) is 6.30. The summed E-state index contributed by atoms with van der Waals surface area (Å²) in [6.07, 6.45) is 15.3. The first-order valence-electron chi connectivity index (χ1n) is 19.7. The molecule has 2 unspecified atom stereocenters. The van der Waals surface area contributed by atoms with Gasteiger partial charge in [-0.25, -0.2) is 0 Å². The molecule has 0 amide bonds. The Kier molecular flexibility index (Phi) is 10.9. The maximum atomic E-state index is 4.87. The Morgan fingerprint density at radius 2 is 0.919 bits per heavy atom. The van der Waals surface area contributed by atoms with E-state index in [0.29, 0.717) is 0 Å². The fraction of sp³-hybridized carbons (Fsp3) is 0.0800. The summed E-state index contributed by atoms with van der Waals surface area (Å²) in [6, 6.07) is 49.0. The molecule has 2 atom stereocenters. The zero-order valence-electron chi connectivity index (χ0n) is 33.4. The minimum atomic E-state index is -0.658. The van der Waals surface area contributed by atoms with Gasteiger partial charge in [0.1, 0.15) is 0 Å². The van der Waals surface area contributed by atoms with E-state index in [4.69, 9.17) is 9.97 Å². The summed E-state index contributed by atoms with van der Waals surface area (Å²) in [7, 11) is 4.02. The summed E-state index contributed by atoms with van der Waals surface area (Å²) >= 11 is 0. The molecule has 0 fully saturated rings. The van der Waals surface area contributed by atoms with Gasteiger partial charge in [0, 0.05) is 77.0 Å². The van der Waals surface area contributed by atoms with Crippen molar-refractivity contribution in [3.63, 3.8) is 0 Å². The maximum Gasteiger partial charge on any atom is 0.0816 e. The van der Waals surface area contributed by atoms with E-state index in [9.17, 15) is 0 Å². The molecule has 4 aromatic carbocycles. The van der Waals surface area contributed by atoms with Crippen LogP contribution in [0.25, 0.3) is 22.3 Å². The molecule has 4 aliphatic rings. The molecule has 0 radical (unpaired) electrons. The largest absolute Gasteiger partial charge is 0.581 e. The molecule has 2 aliphatic heterocycles. The van der Waals surface area contributed by atoms with Crippen LogP contribution < -0.4 is 20.0 Å². The van der Waals surface area contributed by atoms with Crippen LogP contribution >= 0.6 is 0 Å². The van der Waals surface area contributed by atoms with Gasteiger partial charge in [-0.3, -0.25) is 9.97 Å². The third-order valence-electron chi connectivity index (χ3n) is 11.7. The van der Waals surface area contributed by atoms with Crippen LogP contribution in [0.15, 0.2) is 171 Å². The van der Waals surface area contributed by atoms with Crippen LogP contribution in [0.1, 0.15) is 45.0 Å². The zero-order chi connectivity index (χ0) is 40.3. The molecule has 6 heterocycles. The van der Waals surface area contributed by atoms with E-state index >= 15 is 0 Å². The number of rotatable bonds is 6. The number of hydrogen-bond acceptors (Lipinski definition) is 8. The zero-order valence-corrected chi connectivity index (χ0v) is 38.0. The quantitative estimate of drug-likeness (QED) is 0.153. The summed E-state index contributed by atoms with van der Waals surface area (Å²) < 4.78 is 0. The van der Waals surface area contributed by atoms with Gasteiger partial charge in [0.25, 0.3) is 0 Å². The minimum Gasteiger partial charge on any atom is -0.581 e. The molecular formula is C50H36N10Pt2-6. The second kappa shape index (κ2) is 16.5. The number of pyridine rings is 2. The number of fused-ring (bicyclic) bond motifs is 6. The Balaban J connectivity index is 0.000000153. The maximum absolute atomic E-state index is 4.87. The van der Waals surface area contributed by atoms with Crippen LogP contribution in [-0.2, 0) is 53.0 Å². The number of benzene rings is 4. The standard InChI is InChI=1S/2C25H18N5.2Pt/c2*1-29-14-15-30(17-29)19-7-4-6-18(16-19)25(23-11-13-27-28-23)22-10-3-2-8-20(22)21-9-5-12-26-24(21)25;;/h2*2-15,17H,1H3;;/q2*-3;;. The van der Waals surface area contributed by atoms with E-state index in [2.05, 4.69) is 139 Å². The number of nitrogens with zero attached hydrogens (tertiary/aromatic N) is 10. The summed E-state index contributed by atoms with van der Waals surface area (Å²) in [5.74, 6) is 0. The first-order chi connectivity index (χ1) is 29.6. The van der Waals surface area contributed by atoms with Crippen molar-refractivity contribution in [3.05, 3.63) is 241 Å². The van der Waals surface area contributed by atoms with Gasteiger partial charge in [-0.1, -0.05) is 72.8 Å². The average molecular weight is 1170 g/mol. The van der Waals surface area contributed by atoms with Crippen molar-refractivity contribution in [2.45, 2.75) is 10.8 Å². The molecule has 12 rings (SSSR count). The number of aromatic nitrogens is 6. The smallest absolute Gasteiger partial charge is 0.0816 e. The van der Waals surface area contributed by atoms with E-state index in [1.165, 1.54) is 11.1 Å². The van der Waals surface area contributed by atoms with Crippen LogP contribution in [-0.4, -0.2) is 44.1 Å². The first-order valence-corrected chi connectivity index (χ1v) is 19.7. The van der Waals surface area contributed by atoms with Crippen molar-refractivity contribution in [1.82, 2.24) is 40.2 Å². The molecule has 0 saturated heterocycles. The second-order valence-electron chi connectivity index (χ2n) is 15.1. The van der Waals surface area contributed by atoms with Crippen molar-refractivity contribution in [1.29, 1.82) is 0 Å². The summed E-state index contributed by atoms with van der Waals surface area (Å²) in [6.45, 7) is 4.05. The molecular weight excluding hydrogens is 1130 g/mol. The Hall–Kier alpha value is -6.34. The monoisotopic (exact) mass is 1170 g/mol. The molecule has 0 saturated carbocycles. The van der Waals surface area contributed by atoms with Crippen molar-refractivity contribution >= 4 is 11.4 Å². The topological polar surface area (TPSA) is 92.7 Å². The Bertz CT molecular complexity index is 2640. The van der Waals surface area contributed by atoms with Crippen molar-refractivity contribution in [2.24, 2.45) is 0 Å². The number of hydrogen-bond donors (Lipinski definition) is 0. The fourth-order valence-electron chi connectivity index (χ4n) is 9.23. The molecule has 0 N–H and O–H groups in total. The Morgan fingerprint density at radius 1 is 0.484 bits per heavy atom. The Labute approximate surface area is 389 Å². The van der Waals surface area contributed by atoms with Gasteiger partial charge in [0.15, 0.2) is 0 Å². The van der Waals surface area contributed by atoms with Gasteiger partial charge < -0.3 is 40.0 Å². The van der Waals surface area contributed by atoms with Crippen molar-refractivity contribution < 1.29 is 42.1 Å². The summed E-state index contributed by atoms with van der Waals surface area (Å²) in [4.78, 5) is 17.9. The second-order valence-corrected chi connectivity index (χ2v) is 15.1. The van der Waals surface area contributed by atoms with Gasteiger partial charge >= 0.3 is 0 Å². The molecule has 4 aromatic heterocycles. The number of anilines is 2. The minimum absolute atomic E-state index is 0. The molecule has 2 aliphatic carbocycles. The van der Waals surface area contributed by atoms with Crippen molar-refractivity contribution in [3.8, 4) is 22.3 Å². The fourth-order valence-corrected chi connectivity index (χ4v) is 9.23. The predicted octanol–water partition coefficient (Wildman–Crippen LogP) is 7.87. The molecule has 8 aromatic rings. The normalized spacial score (nSPS) is 18.6. The van der Waals surface area contributed by atoms with Crippen LogP contribution in [0, 0.1) is 25.5 Å². The Morgan fingerprint density at radius 3 is 1.32 bits per heavy atom. The molecule has 62 heavy (non-hydrogen) atoms. The van der Waals surface area contributed by atoms with E-state index in [1.54, 1.807) is 12.4 Å². The van der Waals surface area contributed by atoms with Gasteiger partial charge in [0.2, 0.25) is 0 Å². The van der Waals surface area contributed by atoms with Gasteiger partial charge in [-0.15, -0.1) is 22.5 Å². The van der Waals surface area contributed by atoms with Crippen LogP contribution in [0.5, 0.6) is 0 Å². The van der Waals surface area contributed by atoms with Crippen LogP contribution in [0.4, 0.5) is 11.4 Å².